The molecule has 22 heavy (non-hydrogen) atoms. The molecule has 0 fully saturated rings. The van der Waals surface area contributed by atoms with Gasteiger partial charge in [0.1, 0.15) is 6.54 Å². The summed E-state index contributed by atoms with van der Waals surface area (Å²) in [7, 11) is 1.39. The Balaban J connectivity index is 1.99. The topological polar surface area (TPSA) is 141 Å². The van der Waals surface area contributed by atoms with Gasteiger partial charge in [0.05, 0.1) is 18.3 Å². The first kappa shape index (κ1) is 15.5. The number of benzene rings is 1. The van der Waals surface area contributed by atoms with Crippen molar-refractivity contribution in [3.63, 3.8) is 0 Å². The van der Waals surface area contributed by atoms with Crippen LogP contribution in [0.4, 0.5) is 5.95 Å². The lowest BCUT2D eigenvalue weighted by atomic mass is 10.2. The number of carbonyl (C=O) groups is 1. The fourth-order valence-corrected chi connectivity index (χ4v) is 1.72. The minimum absolute atomic E-state index is 0.0224. The molecule has 0 aliphatic rings. The lowest BCUT2D eigenvalue weighted by Crippen LogP contribution is -2.24. The maximum Gasteiger partial charge on any atom is 0.261 e. The summed E-state index contributed by atoms with van der Waals surface area (Å²) < 4.78 is 6.07. The molecule has 1 amide bonds. The highest BCUT2D eigenvalue weighted by Crippen LogP contribution is 2.34. The molecule has 2 rings (SSSR count). The molecule has 1 heterocycles. The van der Waals surface area contributed by atoms with Crippen molar-refractivity contribution >= 4 is 29.7 Å². The summed E-state index contributed by atoms with van der Waals surface area (Å²) in [6.07, 6.45) is 1.34. The number of nitrogen functional groups attached to an aromatic ring is 1. The van der Waals surface area contributed by atoms with Crippen molar-refractivity contribution in [1.29, 1.82) is 0 Å². The number of ether oxygens (including phenoxy) is 1. The second-order valence-electron chi connectivity index (χ2n) is 4.04. The van der Waals surface area contributed by atoms with E-state index in [0.29, 0.717) is 5.56 Å². The molecule has 0 spiro atoms. The number of aromatic hydroxyl groups is 1. The number of hydrazone groups is 1. The molecular weight excluding hydrogens is 314 g/mol. The smallest absolute Gasteiger partial charge is 0.261 e. The second-order valence-corrected chi connectivity index (χ2v) is 4.45. The Morgan fingerprint density at radius 2 is 2.41 bits per heavy atom. The van der Waals surface area contributed by atoms with Crippen LogP contribution >= 0.6 is 11.6 Å². The number of amides is 1. The Kier molecular flexibility index (Phi) is 4.73. The van der Waals surface area contributed by atoms with Crippen molar-refractivity contribution in [2.75, 3.05) is 12.8 Å². The van der Waals surface area contributed by atoms with Crippen molar-refractivity contribution in [3.8, 4) is 11.5 Å². The molecule has 1 aromatic carbocycles. The fraction of sp³-hybridized carbons (Fsp3) is 0.182. The van der Waals surface area contributed by atoms with Crippen LogP contribution in [-0.2, 0) is 11.3 Å². The van der Waals surface area contributed by atoms with Gasteiger partial charge in [-0.3, -0.25) is 4.79 Å². The molecular formula is C11H12ClN7O3. The van der Waals surface area contributed by atoms with E-state index in [1.165, 1.54) is 25.5 Å². The van der Waals surface area contributed by atoms with Gasteiger partial charge in [0.15, 0.2) is 11.5 Å². The van der Waals surface area contributed by atoms with Crippen LogP contribution in [0.25, 0.3) is 0 Å². The lowest BCUT2D eigenvalue weighted by molar-refractivity contribution is -0.121. The van der Waals surface area contributed by atoms with Crippen molar-refractivity contribution in [2.24, 2.45) is 5.10 Å². The summed E-state index contributed by atoms with van der Waals surface area (Å²) in [5.74, 6) is -0.414. The van der Waals surface area contributed by atoms with E-state index in [-0.39, 0.29) is 29.0 Å². The largest absolute Gasteiger partial charge is 0.503 e. The zero-order valence-electron chi connectivity index (χ0n) is 11.4. The number of rotatable bonds is 5. The minimum atomic E-state index is -0.466. The van der Waals surface area contributed by atoms with Crippen LogP contribution in [0.5, 0.6) is 11.5 Å². The van der Waals surface area contributed by atoms with E-state index < -0.39 is 5.91 Å². The zero-order valence-corrected chi connectivity index (χ0v) is 12.2. The van der Waals surface area contributed by atoms with E-state index >= 15 is 0 Å². The van der Waals surface area contributed by atoms with E-state index in [4.69, 9.17) is 22.1 Å². The predicted octanol–water partition coefficient (Wildman–Crippen LogP) is -0.227. The van der Waals surface area contributed by atoms with Crippen LogP contribution in [0.15, 0.2) is 17.2 Å². The number of nitrogens with zero attached hydrogens (tertiary/aromatic N) is 5. The Bertz CT molecular complexity index is 716. The molecule has 4 N–H and O–H groups in total. The van der Waals surface area contributed by atoms with Crippen LogP contribution < -0.4 is 15.9 Å². The molecule has 0 aliphatic carbocycles. The van der Waals surface area contributed by atoms with Crippen molar-refractivity contribution in [1.82, 2.24) is 25.6 Å². The number of nitrogens with one attached hydrogen (secondary N) is 1. The predicted molar refractivity (Wildman–Crippen MR) is 77.6 cm³/mol. The van der Waals surface area contributed by atoms with Crippen molar-refractivity contribution < 1.29 is 14.6 Å². The van der Waals surface area contributed by atoms with Gasteiger partial charge < -0.3 is 15.6 Å². The molecule has 0 aliphatic heterocycles. The minimum Gasteiger partial charge on any atom is -0.503 e. The number of tetrazole rings is 1. The maximum atomic E-state index is 11.6. The Labute approximate surface area is 129 Å². The number of carbonyl (C=O) groups excluding carboxylic acids is 1. The van der Waals surface area contributed by atoms with Crippen LogP contribution in [0.2, 0.25) is 5.02 Å². The van der Waals surface area contributed by atoms with Gasteiger partial charge in [-0.15, -0.1) is 0 Å². The normalized spacial score (nSPS) is 10.8. The molecule has 1 aromatic heterocycles. The van der Waals surface area contributed by atoms with E-state index in [1.54, 1.807) is 0 Å². The van der Waals surface area contributed by atoms with Crippen LogP contribution in [0.1, 0.15) is 5.56 Å². The molecule has 0 atom stereocenters. The van der Waals surface area contributed by atoms with Crippen molar-refractivity contribution in [2.45, 2.75) is 6.54 Å². The number of hydrogen-bond acceptors (Lipinski definition) is 8. The van der Waals surface area contributed by atoms with Gasteiger partial charge in [-0.2, -0.15) is 5.10 Å². The first-order valence-electron chi connectivity index (χ1n) is 5.91. The highest BCUT2D eigenvalue weighted by atomic mass is 35.5. The van der Waals surface area contributed by atoms with Gasteiger partial charge in [-0.05, 0) is 28.1 Å². The molecule has 0 saturated carbocycles. The summed E-state index contributed by atoms with van der Waals surface area (Å²) in [5, 5.41) is 23.7. The maximum absolute atomic E-state index is 11.6. The van der Waals surface area contributed by atoms with Crippen LogP contribution in [0, 0.1) is 0 Å². The quantitative estimate of drug-likeness (QED) is 0.509. The van der Waals surface area contributed by atoms with Gasteiger partial charge in [-0.25, -0.2) is 10.1 Å². The van der Waals surface area contributed by atoms with Gasteiger partial charge in [0.2, 0.25) is 5.95 Å². The second kappa shape index (κ2) is 6.72. The highest BCUT2D eigenvalue weighted by molar-refractivity contribution is 6.32. The number of anilines is 1. The van der Waals surface area contributed by atoms with Gasteiger partial charge in [0.25, 0.3) is 5.91 Å². The molecule has 0 saturated heterocycles. The number of phenols is 1. The fourth-order valence-electron chi connectivity index (χ4n) is 1.50. The first-order valence-corrected chi connectivity index (χ1v) is 6.29. The molecule has 10 nitrogen and oxygen atoms in total. The Morgan fingerprint density at radius 3 is 3.05 bits per heavy atom. The van der Waals surface area contributed by atoms with Crippen LogP contribution in [0.3, 0.4) is 0 Å². The third kappa shape index (κ3) is 3.61. The number of methoxy groups -OCH3 is 1. The Hall–Kier alpha value is -2.88. The zero-order chi connectivity index (χ0) is 16.1. The Morgan fingerprint density at radius 1 is 1.64 bits per heavy atom. The first-order chi connectivity index (χ1) is 10.5. The average molecular weight is 326 g/mol. The van der Waals surface area contributed by atoms with Gasteiger partial charge >= 0.3 is 0 Å². The third-order valence-electron chi connectivity index (χ3n) is 2.53. The SMILES string of the molecule is COc1cc(/C=N\NC(=O)Cn2nnnc2N)cc(Cl)c1O. The van der Waals surface area contributed by atoms with E-state index in [9.17, 15) is 9.90 Å². The highest BCUT2D eigenvalue weighted by Gasteiger charge is 2.09. The molecule has 116 valence electrons. The third-order valence-corrected chi connectivity index (χ3v) is 2.81. The lowest BCUT2D eigenvalue weighted by Gasteiger charge is -2.06. The van der Waals surface area contributed by atoms with E-state index in [2.05, 4.69) is 26.1 Å². The molecule has 0 radical (unpaired) electrons. The molecule has 0 unspecified atom stereocenters. The number of hydrogen-bond donors (Lipinski definition) is 3. The van der Waals surface area contributed by atoms with Gasteiger partial charge in [-0.1, -0.05) is 16.7 Å². The van der Waals surface area contributed by atoms with E-state index in [1.807, 2.05) is 0 Å². The summed E-state index contributed by atoms with van der Waals surface area (Å²) in [5.41, 5.74) is 8.24. The van der Waals surface area contributed by atoms with Crippen molar-refractivity contribution in [3.05, 3.63) is 22.7 Å². The monoisotopic (exact) mass is 325 g/mol. The number of aromatic nitrogens is 4. The summed E-state index contributed by atoms with van der Waals surface area (Å²) in [4.78, 5) is 11.6. The molecule has 0 bridgehead atoms. The van der Waals surface area contributed by atoms with Crippen LogP contribution in [-0.4, -0.2) is 44.5 Å². The molecule has 11 heteroatoms. The summed E-state index contributed by atoms with van der Waals surface area (Å²) >= 11 is 5.83. The number of halogens is 1. The summed E-state index contributed by atoms with van der Waals surface area (Å²) in [6.45, 7) is -0.171. The molecule has 2 aromatic rings. The average Bonchev–Trinajstić information content (AvgIpc) is 2.87. The summed E-state index contributed by atoms with van der Waals surface area (Å²) in [6, 6.07) is 2.98. The standard InChI is InChI=1S/C11H12ClN7O3/c1-22-8-3-6(2-7(12)10(8)21)4-14-15-9(20)5-19-11(13)16-17-18-19/h2-4,21H,5H2,1H3,(H,15,20)(H2,13,16,18)/b14-4-. The van der Waals surface area contributed by atoms with E-state index in [0.717, 1.165) is 4.68 Å². The van der Waals surface area contributed by atoms with Gasteiger partial charge in [0, 0.05) is 0 Å². The number of phenolic OH excluding ortho intramolecular Hbond substituents is 1. The number of nitrogens with two attached hydrogens (primary N) is 1.